The molecule has 0 spiro atoms. The van der Waals surface area contributed by atoms with Gasteiger partial charge in [0.25, 0.3) is 0 Å². The van der Waals surface area contributed by atoms with Crippen LogP contribution < -0.4 is 10.6 Å². The van der Waals surface area contributed by atoms with Crippen LogP contribution in [0.5, 0.6) is 0 Å². The van der Waals surface area contributed by atoms with E-state index in [0.29, 0.717) is 0 Å². The molecule has 2 amide bonds. The van der Waals surface area contributed by atoms with Crippen LogP contribution in [0, 0.1) is 10.8 Å². The van der Waals surface area contributed by atoms with Crippen molar-refractivity contribution in [3.63, 3.8) is 0 Å². The summed E-state index contributed by atoms with van der Waals surface area (Å²) in [7, 11) is 0. The molecule has 38 heavy (non-hydrogen) atoms. The second-order valence-corrected chi connectivity index (χ2v) is 12.4. The molecule has 10 heteroatoms. The first-order chi connectivity index (χ1) is 17.4. The molecule has 0 bridgehead atoms. The molecule has 0 saturated heterocycles. The van der Waals surface area contributed by atoms with Crippen LogP contribution >= 0.6 is 0 Å². The quantitative estimate of drug-likeness (QED) is 0.289. The number of carboxylic acid groups (broad SMARTS) is 2. The Kier molecular flexibility index (Phi) is 11.7. The number of ether oxygens (including phenoxy) is 2. The summed E-state index contributed by atoms with van der Waals surface area (Å²) in [5, 5.41) is 23.8. The molecule has 10 nitrogen and oxygen atoms in total. The monoisotopic (exact) mass is 540 g/mol. The standard InChI is InChI=1S/C14H25NO4.C14H23NO4/c2*1-5-14(8-6-7-9-14)10(11(16)17)15-12(18)19-13(2,3)4/h10H,5-9H2,1-4H3,(H,15,18)(H,16,17);5,10H,1,6-9H2,2-4H3,(H,15,18)(H,16,17). The fraction of sp³-hybridized carbons (Fsp3) is 0.786. The third kappa shape index (κ3) is 9.83. The Hall–Kier alpha value is -2.78. The van der Waals surface area contributed by atoms with Crippen molar-refractivity contribution in [1.29, 1.82) is 0 Å². The van der Waals surface area contributed by atoms with Crippen molar-refractivity contribution < 1.29 is 38.9 Å². The fourth-order valence-corrected chi connectivity index (χ4v) is 5.35. The molecule has 0 aromatic rings. The first-order valence-corrected chi connectivity index (χ1v) is 13.5. The predicted octanol–water partition coefficient (Wildman–Crippen LogP) is 5.65. The number of carbonyl (C=O) groups is 4. The van der Waals surface area contributed by atoms with Gasteiger partial charge in [-0.05, 0) is 73.6 Å². The average molecular weight is 541 g/mol. The van der Waals surface area contributed by atoms with E-state index in [4.69, 9.17) is 9.47 Å². The molecule has 2 atom stereocenters. The van der Waals surface area contributed by atoms with E-state index in [-0.39, 0.29) is 5.41 Å². The van der Waals surface area contributed by atoms with Gasteiger partial charge in [-0.2, -0.15) is 0 Å². The lowest BCUT2D eigenvalue weighted by molar-refractivity contribution is -0.143. The highest BCUT2D eigenvalue weighted by molar-refractivity contribution is 5.82. The Morgan fingerprint density at radius 2 is 1.16 bits per heavy atom. The van der Waals surface area contributed by atoms with Crippen molar-refractivity contribution in [2.45, 2.75) is 130 Å². The van der Waals surface area contributed by atoms with E-state index >= 15 is 0 Å². The summed E-state index contributed by atoms with van der Waals surface area (Å²) in [4.78, 5) is 46.5. The Balaban J connectivity index is 0.000000380. The highest BCUT2D eigenvalue weighted by Crippen LogP contribution is 2.44. The maximum Gasteiger partial charge on any atom is 0.408 e. The maximum absolute atomic E-state index is 11.8. The molecule has 4 N–H and O–H groups in total. The maximum atomic E-state index is 11.8. The van der Waals surface area contributed by atoms with E-state index in [1.54, 1.807) is 47.6 Å². The van der Waals surface area contributed by atoms with Crippen LogP contribution in [-0.2, 0) is 19.1 Å². The highest BCUT2D eigenvalue weighted by atomic mass is 16.6. The van der Waals surface area contributed by atoms with Gasteiger partial charge in [-0.1, -0.05) is 38.7 Å². The second-order valence-electron chi connectivity index (χ2n) is 12.4. The molecule has 2 fully saturated rings. The summed E-state index contributed by atoms with van der Waals surface area (Å²) in [6.07, 6.45) is 8.14. The fourth-order valence-electron chi connectivity index (χ4n) is 5.35. The molecule has 2 saturated carbocycles. The van der Waals surface area contributed by atoms with Crippen LogP contribution in [0.3, 0.4) is 0 Å². The van der Waals surface area contributed by atoms with E-state index in [1.165, 1.54) is 0 Å². The van der Waals surface area contributed by atoms with Crippen molar-refractivity contribution in [1.82, 2.24) is 10.6 Å². The molecular formula is C28H48N2O8. The molecule has 218 valence electrons. The van der Waals surface area contributed by atoms with Gasteiger partial charge in [-0.25, -0.2) is 19.2 Å². The van der Waals surface area contributed by atoms with Crippen LogP contribution in [-0.4, -0.2) is 57.6 Å². The van der Waals surface area contributed by atoms with Gasteiger partial charge in [0.1, 0.15) is 23.3 Å². The molecule has 2 unspecified atom stereocenters. The molecule has 2 aliphatic rings. The van der Waals surface area contributed by atoms with E-state index < -0.39 is 52.8 Å². The van der Waals surface area contributed by atoms with Gasteiger partial charge in [0.15, 0.2) is 0 Å². The normalized spacial score (nSPS) is 19.7. The van der Waals surface area contributed by atoms with Crippen molar-refractivity contribution in [2.75, 3.05) is 0 Å². The number of hydrogen-bond acceptors (Lipinski definition) is 6. The van der Waals surface area contributed by atoms with Gasteiger partial charge < -0.3 is 30.3 Å². The summed E-state index contributed by atoms with van der Waals surface area (Å²) >= 11 is 0. The minimum absolute atomic E-state index is 0.331. The van der Waals surface area contributed by atoms with E-state index in [9.17, 15) is 29.4 Å². The largest absolute Gasteiger partial charge is 0.480 e. The SMILES string of the molecule is C=CC1(C(NC(=O)OC(C)(C)C)C(=O)O)CCCC1.CCC1(C(NC(=O)OC(C)(C)C)C(=O)O)CCCC1. The van der Waals surface area contributed by atoms with Crippen LogP contribution in [0.2, 0.25) is 0 Å². The Morgan fingerprint density at radius 3 is 1.47 bits per heavy atom. The Labute approximate surface area is 226 Å². The molecule has 0 radical (unpaired) electrons. The molecule has 0 heterocycles. The van der Waals surface area contributed by atoms with Crippen LogP contribution in [0.1, 0.15) is 106 Å². The Bertz CT molecular complexity index is 844. The zero-order valence-corrected chi connectivity index (χ0v) is 24.1. The number of alkyl carbamates (subject to hydrolysis) is 2. The molecular weight excluding hydrogens is 492 g/mol. The number of amides is 2. The van der Waals surface area contributed by atoms with Crippen molar-refractivity contribution in [2.24, 2.45) is 10.8 Å². The summed E-state index contributed by atoms with van der Waals surface area (Å²) in [6, 6.07) is -1.85. The lowest BCUT2D eigenvalue weighted by Gasteiger charge is -2.34. The topological polar surface area (TPSA) is 151 Å². The minimum atomic E-state index is -1.05. The number of aliphatic carboxylic acids is 2. The zero-order chi connectivity index (χ0) is 29.4. The summed E-state index contributed by atoms with van der Waals surface area (Å²) in [5.41, 5.74) is -2.17. The number of nitrogens with one attached hydrogen (secondary N) is 2. The van der Waals surface area contributed by atoms with Gasteiger partial charge in [0.05, 0.1) is 0 Å². The Morgan fingerprint density at radius 1 is 0.789 bits per heavy atom. The third-order valence-electron chi connectivity index (χ3n) is 7.25. The first-order valence-electron chi connectivity index (χ1n) is 13.5. The molecule has 2 rings (SSSR count). The lowest BCUT2D eigenvalue weighted by atomic mass is 9.76. The van der Waals surface area contributed by atoms with Gasteiger partial charge >= 0.3 is 24.1 Å². The first kappa shape index (κ1) is 33.2. The summed E-state index contributed by atoms with van der Waals surface area (Å²) in [5.74, 6) is -2.03. The van der Waals surface area contributed by atoms with E-state index in [1.807, 2.05) is 6.92 Å². The van der Waals surface area contributed by atoms with Gasteiger partial charge in [-0.15, -0.1) is 6.58 Å². The average Bonchev–Trinajstić information content (AvgIpc) is 3.44. The number of carbonyl (C=O) groups excluding carboxylic acids is 2. The molecule has 0 aromatic carbocycles. The van der Waals surface area contributed by atoms with Crippen molar-refractivity contribution in [3.8, 4) is 0 Å². The lowest BCUT2D eigenvalue weighted by Crippen LogP contribution is -2.52. The molecule has 0 aromatic heterocycles. The van der Waals surface area contributed by atoms with Crippen molar-refractivity contribution >= 4 is 24.1 Å². The van der Waals surface area contributed by atoms with E-state index in [0.717, 1.165) is 57.8 Å². The van der Waals surface area contributed by atoms with E-state index in [2.05, 4.69) is 17.2 Å². The smallest absolute Gasteiger partial charge is 0.408 e. The van der Waals surface area contributed by atoms with Crippen LogP contribution in [0.4, 0.5) is 9.59 Å². The molecule has 0 aliphatic heterocycles. The number of hydrogen-bond donors (Lipinski definition) is 4. The molecule has 2 aliphatic carbocycles. The van der Waals surface area contributed by atoms with Crippen LogP contribution in [0.15, 0.2) is 12.7 Å². The van der Waals surface area contributed by atoms with Gasteiger partial charge in [0, 0.05) is 10.8 Å². The van der Waals surface area contributed by atoms with Crippen molar-refractivity contribution in [3.05, 3.63) is 12.7 Å². The third-order valence-corrected chi connectivity index (χ3v) is 7.25. The highest BCUT2D eigenvalue weighted by Gasteiger charge is 2.46. The number of carboxylic acids is 2. The van der Waals surface area contributed by atoms with Gasteiger partial charge in [-0.3, -0.25) is 0 Å². The van der Waals surface area contributed by atoms with Gasteiger partial charge in [0.2, 0.25) is 0 Å². The summed E-state index contributed by atoms with van der Waals surface area (Å²) in [6.45, 7) is 16.2. The second kappa shape index (κ2) is 13.3. The minimum Gasteiger partial charge on any atom is -0.480 e. The number of rotatable bonds is 8. The zero-order valence-electron chi connectivity index (χ0n) is 24.1. The predicted molar refractivity (Wildman–Crippen MR) is 144 cm³/mol. The summed E-state index contributed by atoms with van der Waals surface area (Å²) < 4.78 is 10.3. The van der Waals surface area contributed by atoms with Crippen LogP contribution in [0.25, 0.3) is 0 Å².